The average molecular weight is 225 g/mol. The van der Waals surface area contributed by atoms with Crippen molar-refractivity contribution in [3.8, 4) is 11.6 Å². The Morgan fingerprint density at radius 2 is 2.12 bits per heavy atom. The lowest BCUT2D eigenvalue weighted by molar-refractivity contribution is 0.274. The Morgan fingerprint density at radius 3 is 2.75 bits per heavy atom. The third-order valence-electron chi connectivity index (χ3n) is 2.20. The van der Waals surface area contributed by atoms with Crippen molar-refractivity contribution in [2.24, 2.45) is 0 Å². The summed E-state index contributed by atoms with van der Waals surface area (Å²) >= 11 is 0. The first-order valence-corrected chi connectivity index (χ1v) is 5.53. The Bertz CT molecular complexity index is 318. The molecule has 0 bridgehead atoms. The van der Waals surface area contributed by atoms with Gasteiger partial charge in [-0.3, -0.25) is 0 Å². The summed E-state index contributed by atoms with van der Waals surface area (Å²) in [5, 5.41) is 2.93. The van der Waals surface area contributed by atoms with E-state index in [4.69, 9.17) is 9.47 Å². The molecule has 1 aromatic heterocycles. The van der Waals surface area contributed by atoms with Crippen molar-refractivity contribution in [3.05, 3.63) is 6.33 Å². The number of nitrogens with one attached hydrogen (secondary N) is 1. The molecule has 1 rings (SSSR count). The third-order valence-corrected chi connectivity index (χ3v) is 2.20. The molecule has 1 aromatic rings. The van der Waals surface area contributed by atoms with Gasteiger partial charge in [-0.15, -0.1) is 0 Å². The molecule has 0 radical (unpaired) electrons. The van der Waals surface area contributed by atoms with Crippen LogP contribution in [-0.2, 0) is 0 Å². The predicted molar refractivity (Wildman–Crippen MR) is 63.2 cm³/mol. The maximum atomic E-state index is 5.56. The van der Waals surface area contributed by atoms with Crippen molar-refractivity contribution < 1.29 is 9.47 Å². The number of hydrogen-bond acceptors (Lipinski definition) is 5. The minimum absolute atomic E-state index is 0.498. The van der Waals surface area contributed by atoms with E-state index in [-0.39, 0.29) is 0 Å². The molecular weight excluding hydrogens is 206 g/mol. The maximum absolute atomic E-state index is 5.56. The Labute approximate surface area is 96.2 Å². The first-order valence-electron chi connectivity index (χ1n) is 5.53. The van der Waals surface area contributed by atoms with Crippen LogP contribution in [0.2, 0.25) is 0 Å². The van der Waals surface area contributed by atoms with E-state index in [2.05, 4.69) is 22.2 Å². The molecule has 0 atom stereocenters. The number of unbranched alkanes of at least 4 members (excludes halogenated alkanes) is 2. The van der Waals surface area contributed by atoms with Crippen LogP contribution in [0.4, 0.5) is 5.82 Å². The number of ether oxygens (including phenoxy) is 2. The quantitative estimate of drug-likeness (QED) is 0.720. The summed E-state index contributed by atoms with van der Waals surface area (Å²) in [6.07, 6.45) is 4.82. The monoisotopic (exact) mass is 225 g/mol. The highest BCUT2D eigenvalue weighted by Gasteiger charge is 2.11. The van der Waals surface area contributed by atoms with E-state index in [0.717, 1.165) is 12.8 Å². The number of hydrogen-bond donors (Lipinski definition) is 1. The molecule has 0 unspecified atom stereocenters. The summed E-state index contributed by atoms with van der Waals surface area (Å²) in [6.45, 7) is 2.81. The second-order valence-corrected chi connectivity index (χ2v) is 3.37. The van der Waals surface area contributed by atoms with Crippen molar-refractivity contribution >= 4 is 5.82 Å². The lowest BCUT2D eigenvalue weighted by Gasteiger charge is -2.11. The summed E-state index contributed by atoms with van der Waals surface area (Å²) in [6, 6.07) is 0. The number of methoxy groups -OCH3 is 1. The van der Waals surface area contributed by atoms with Crippen LogP contribution in [0.25, 0.3) is 0 Å². The zero-order valence-corrected chi connectivity index (χ0v) is 10.1. The SMILES string of the molecule is CCCCCOc1ncnc(NC)c1OC. The molecule has 0 aromatic carbocycles. The first-order chi connectivity index (χ1) is 7.83. The van der Waals surface area contributed by atoms with Gasteiger partial charge in [-0.2, -0.15) is 4.98 Å². The molecule has 0 saturated carbocycles. The minimum Gasteiger partial charge on any atom is -0.489 e. The molecule has 0 aliphatic heterocycles. The minimum atomic E-state index is 0.498. The van der Waals surface area contributed by atoms with Gasteiger partial charge < -0.3 is 14.8 Å². The molecule has 90 valence electrons. The Balaban J connectivity index is 2.63. The molecule has 0 saturated heterocycles. The second-order valence-electron chi connectivity index (χ2n) is 3.37. The Kier molecular flexibility index (Phi) is 5.39. The maximum Gasteiger partial charge on any atom is 0.262 e. The molecule has 0 fully saturated rings. The molecular formula is C11H19N3O2. The van der Waals surface area contributed by atoms with E-state index in [1.54, 1.807) is 14.2 Å². The van der Waals surface area contributed by atoms with Gasteiger partial charge in [-0.25, -0.2) is 4.98 Å². The zero-order chi connectivity index (χ0) is 11.8. The van der Waals surface area contributed by atoms with Gasteiger partial charge in [0, 0.05) is 7.05 Å². The topological polar surface area (TPSA) is 56.3 Å². The highest BCUT2D eigenvalue weighted by Crippen LogP contribution is 2.30. The van der Waals surface area contributed by atoms with Crippen molar-refractivity contribution in [2.75, 3.05) is 26.1 Å². The van der Waals surface area contributed by atoms with Crippen LogP contribution < -0.4 is 14.8 Å². The standard InChI is InChI=1S/C11H19N3O2/c1-4-5-6-7-16-11-9(15-3)10(12-2)13-8-14-11/h8H,4-7H2,1-3H3,(H,12,13,14). The lowest BCUT2D eigenvalue weighted by atomic mass is 10.3. The van der Waals surface area contributed by atoms with Gasteiger partial charge in [-0.1, -0.05) is 19.8 Å². The van der Waals surface area contributed by atoms with E-state index >= 15 is 0 Å². The molecule has 16 heavy (non-hydrogen) atoms. The Morgan fingerprint density at radius 1 is 1.31 bits per heavy atom. The van der Waals surface area contributed by atoms with E-state index < -0.39 is 0 Å². The second kappa shape index (κ2) is 6.87. The fraction of sp³-hybridized carbons (Fsp3) is 0.636. The summed E-state index contributed by atoms with van der Waals surface area (Å²) in [5.41, 5.74) is 0. The molecule has 1 N–H and O–H groups in total. The number of anilines is 1. The molecule has 1 heterocycles. The van der Waals surface area contributed by atoms with Gasteiger partial charge in [0.25, 0.3) is 5.88 Å². The summed E-state index contributed by atoms with van der Waals surface area (Å²) < 4.78 is 10.8. The highest BCUT2D eigenvalue weighted by atomic mass is 16.5. The van der Waals surface area contributed by atoms with Gasteiger partial charge in [0.1, 0.15) is 6.33 Å². The van der Waals surface area contributed by atoms with Crippen LogP contribution in [0.5, 0.6) is 11.6 Å². The fourth-order valence-electron chi connectivity index (χ4n) is 1.34. The largest absolute Gasteiger partial charge is 0.489 e. The highest BCUT2D eigenvalue weighted by molar-refractivity contribution is 5.54. The van der Waals surface area contributed by atoms with Gasteiger partial charge in [0.05, 0.1) is 13.7 Å². The van der Waals surface area contributed by atoms with Crippen molar-refractivity contribution in [3.63, 3.8) is 0 Å². The van der Waals surface area contributed by atoms with Gasteiger partial charge >= 0.3 is 0 Å². The van der Waals surface area contributed by atoms with Crippen LogP contribution in [0, 0.1) is 0 Å². The van der Waals surface area contributed by atoms with Crippen LogP contribution >= 0.6 is 0 Å². The van der Waals surface area contributed by atoms with Crippen LogP contribution in [-0.4, -0.2) is 30.7 Å². The normalized spacial score (nSPS) is 9.94. The predicted octanol–water partition coefficient (Wildman–Crippen LogP) is 2.10. The molecule has 5 nitrogen and oxygen atoms in total. The van der Waals surface area contributed by atoms with Crippen LogP contribution in [0.1, 0.15) is 26.2 Å². The molecule has 0 spiro atoms. The smallest absolute Gasteiger partial charge is 0.262 e. The summed E-state index contributed by atoms with van der Waals surface area (Å²) in [7, 11) is 3.37. The van der Waals surface area contributed by atoms with E-state index in [9.17, 15) is 0 Å². The average Bonchev–Trinajstić information content (AvgIpc) is 2.34. The molecule has 0 aliphatic carbocycles. The fourth-order valence-corrected chi connectivity index (χ4v) is 1.34. The van der Waals surface area contributed by atoms with Crippen molar-refractivity contribution in [1.29, 1.82) is 0 Å². The number of nitrogens with zero attached hydrogens (tertiary/aromatic N) is 2. The van der Waals surface area contributed by atoms with Crippen molar-refractivity contribution in [1.82, 2.24) is 9.97 Å². The lowest BCUT2D eigenvalue weighted by Crippen LogP contribution is -2.04. The zero-order valence-electron chi connectivity index (χ0n) is 10.1. The molecule has 0 aliphatic rings. The molecule has 0 amide bonds. The van der Waals surface area contributed by atoms with Gasteiger partial charge in [0.2, 0.25) is 5.75 Å². The summed E-state index contributed by atoms with van der Waals surface area (Å²) in [4.78, 5) is 8.10. The van der Waals surface area contributed by atoms with Gasteiger partial charge in [0.15, 0.2) is 5.82 Å². The first kappa shape index (κ1) is 12.5. The number of aromatic nitrogens is 2. The van der Waals surface area contributed by atoms with Crippen LogP contribution in [0.15, 0.2) is 6.33 Å². The number of rotatable bonds is 7. The van der Waals surface area contributed by atoms with E-state index in [0.29, 0.717) is 24.1 Å². The molecule has 5 heteroatoms. The van der Waals surface area contributed by atoms with Gasteiger partial charge in [-0.05, 0) is 6.42 Å². The van der Waals surface area contributed by atoms with Crippen LogP contribution in [0.3, 0.4) is 0 Å². The third kappa shape index (κ3) is 3.25. The van der Waals surface area contributed by atoms with E-state index in [1.165, 1.54) is 12.7 Å². The van der Waals surface area contributed by atoms with E-state index in [1.807, 2.05) is 0 Å². The summed E-state index contributed by atoms with van der Waals surface area (Å²) in [5.74, 6) is 1.70. The Hall–Kier alpha value is -1.52. The van der Waals surface area contributed by atoms with Crippen molar-refractivity contribution in [2.45, 2.75) is 26.2 Å².